The molecule has 28 heavy (non-hydrogen) atoms. The molecule has 0 saturated carbocycles. The van der Waals surface area contributed by atoms with E-state index in [1.807, 2.05) is 0 Å². The van der Waals surface area contributed by atoms with Gasteiger partial charge in [0.2, 0.25) is 0 Å². The summed E-state index contributed by atoms with van der Waals surface area (Å²) < 4.78 is 0. The van der Waals surface area contributed by atoms with Crippen molar-refractivity contribution in [1.29, 1.82) is 0 Å². The topological polar surface area (TPSA) is 0 Å². The van der Waals surface area contributed by atoms with Crippen LogP contribution >= 0.6 is 0 Å². The number of rotatable bonds is 6. The van der Waals surface area contributed by atoms with Gasteiger partial charge >= 0.3 is 0 Å². The van der Waals surface area contributed by atoms with Gasteiger partial charge in [0.1, 0.15) is 7.17 Å². The molecule has 0 aliphatic rings. The molecule has 2 aromatic carbocycles. The highest BCUT2D eigenvalue weighted by molar-refractivity contribution is 7.69. The molecule has 0 aliphatic heterocycles. The first kappa shape index (κ1) is 23.9. The van der Waals surface area contributed by atoms with Crippen LogP contribution in [0.3, 0.4) is 0 Å². The van der Waals surface area contributed by atoms with E-state index in [1.54, 1.807) is 32.6 Å². The zero-order valence-corrected chi connectivity index (χ0v) is 20.7. The SMILES string of the molecule is BBB(B)c1c(B(B)B)c(BB)c(C)c2c(C)c(C)c(C)c(B(B)B(B)B)c12. The van der Waals surface area contributed by atoms with Crippen LogP contribution in [0.1, 0.15) is 22.3 Å². The summed E-state index contributed by atoms with van der Waals surface area (Å²) in [6.45, 7) is 11.2. The Kier molecular flexibility index (Phi) is 7.83. The zero-order valence-electron chi connectivity index (χ0n) is 20.7. The van der Waals surface area contributed by atoms with Crippen LogP contribution in [0.4, 0.5) is 0 Å². The van der Waals surface area contributed by atoms with Gasteiger partial charge in [-0.05, 0) is 49.6 Å². The van der Waals surface area contributed by atoms with Gasteiger partial charge in [-0.1, -0.05) is 27.5 Å². The molecule has 0 radical (unpaired) electrons. The number of hydrogen-bond donors (Lipinski definition) is 0. The molecular formula is C14H30B14. The Bertz CT molecular complexity index is 892. The standard InChI is InChI=1S/C14H30B14/c1-5-6(2)9-8(4)11(23-15)14(25(17)18)13(26(19)24-16)10(9)12(7(5)3)27(20)28(21)22/h23-24H,15-22H2,1-4H3. The van der Waals surface area contributed by atoms with Crippen molar-refractivity contribution in [3.63, 3.8) is 0 Å². The van der Waals surface area contributed by atoms with Gasteiger partial charge in [-0.2, -0.15) is 0 Å². The summed E-state index contributed by atoms with van der Waals surface area (Å²) in [5, 5.41) is 3.16. The number of hydrogen-bond acceptors (Lipinski definition) is 0. The van der Waals surface area contributed by atoms with Crippen LogP contribution < -0.4 is 21.9 Å². The molecule has 0 heterocycles. The number of fused-ring (bicyclic) bond motifs is 1. The summed E-state index contributed by atoms with van der Waals surface area (Å²) >= 11 is 0. The van der Waals surface area contributed by atoms with Gasteiger partial charge < -0.3 is 0 Å². The monoisotopic (exact) mass is 352 g/mol. The van der Waals surface area contributed by atoms with E-state index in [-0.39, 0.29) is 0 Å². The largest absolute Gasteiger partial charge is 0.118 e. The molecular weight excluding hydrogens is 320 g/mol. The first-order valence-corrected chi connectivity index (χ1v) is 11.6. The van der Waals surface area contributed by atoms with E-state index in [1.165, 1.54) is 29.3 Å². The van der Waals surface area contributed by atoms with E-state index in [4.69, 9.17) is 0 Å². The van der Waals surface area contributed by atoms with Gasteiger partial charge in [-0.25, -0.2) is 0 Å². The molecule has 14 heteroatoms. The van der Waals surface area contributed by atoms with Crippen molar-refractivity contribution in [3.05, 3.63) is 22.3 Å². The van der Waals surface area contributed by atoms with E-state index >= 15 is 0 Å². The molecule has 0 nitrogen and oxygen atoms in total. The van der Waals surface area contributed by atoms with Crippen LogP contribution in [0.5, 0.6) is 0 Å². The molecule has 0 aromatic heterocycles. The minimum absolute atomic E-state index is 0.561. The predicted molar refractivity (Wildman–Crippen MR) is 167 cm³/mol. The van der Waals surface area contributed by atoms with Crippen molar-refractivity contribution >= 4 is 135 Å². The van der Waals surface area contributed by atoms with E-state index in [0.29, 0.717) is 25.9 Å². The third-order valence-electron chi connectivity index (χ3n) is 7.63. The Morgan fingerprint density at radius 3 is 1.64 bits per heavy atom. The Labute approximate surface area is 184 Å². The van der Waals surface area contributed by atoms with Crippen LogP contribution in [0, 0.1) is 27.7 Å². The van der Waals surface area contributed by atoms with E-state index < -0.39 is 0 Å². The fraction of sp³-hybridized carbons (Fsp3) is 0.286. The van der Waals surface area contributed by atoms with Crippen LogP contribution in [0.25, 0.3) is 10.8 Å². The van der Waals surface area contributed by atoms with Gasteiger partial charge in [-0.3, -0.25) is 0 Å². The van der Waals surface area contributed by atoms with Crippen molar-refractivity contribution in [2.24, 2.45) is 0 Å². The summed E-state index contributed by atoms with van der Waals surface area (Å²) in [4.78, 5) is 0. The molecule has 0 bridgehead atoms. The van der Waals surface area contributed by atoms with Crippen molar-refractivity contribution in [3.8, 4) is 0 Å². The average molecular weight is 350 g/mol. The van der Waals surface area contributed by atoms with Crippen LogP contribution in [-0.2, 0) is 0 Å². The first-order chi connectivity index (χ1) is 13.0. The molecule has 0 aliphatic carbocycles. The van der Waals surface area contributed by atoms with E-state index in [2.05, 4.69) is 89.6 Å². The molecule has 0 amide bonds. The molecule has 2 aromatic rings. The Morgan fingerprint density at radius 2 is 1.21 bits per heavy atom. The maximum Gasteiger partial charge on any atom is 0.118 e. The van der Waals surface area contributed by atoms with Gasteiger partial charge in [0.05, 0.1) is 88.4 Å². The lowest BCUT2D eigenvalue weighted by atomic mass is 8.85. The summed E-state index contributed by atoms with van der Waals surface area (Å²) in [5.74, 6) is 0. The van der Waals surface area contributed by atoms with Crippen molar-refractivity contribution in [1.82, 2.24) is 0 Å². The smallest absolute Gasteiger partial charge is 0.110 e. The minimum atomic E-state index is 0.561. The average Bonchev–Trinajstić information content (AvgIpc) is 2.64. The molecule has 0 atom stereocenters. The highest BCUT2D eigenvalue weighted by atomic mass is 14.2. The maximum absolute atomic E-state index is 2.45. The summed E-state index contributed by atoms with van der Waals surface area (Å²) in [6, 6.07) is 0. The second-order valence-electron chi connectivity index (χ2n) is 9.82. The summed E-state index contributed by atoms with van der Waals surface area (Å²) in [5.41, 5.74) is 12.6. The van der Waals surface area contributed by atoms with Crippen LogP contribution in [-0.4, -0.2) is 102 Å². The van der Waals surface area contributed by atoms with Gasteiger partial charge in [0, 0.05) is 6.39 Å². The first-order valence-electron chi connectivity index (χ1n) is 11.6. The second-order valence-corrected chi connectivity index (χ2v) is 9.82. The summed E-state index contributed by atoms with van der Waals surface area (Å²) in [7, 11) is 21.5. The Morgan fingerprint density at radius 1 is 0.643 bits per heavy atom. The second kappa shape index (κ2) is 9.18. The zero-order chi connectivity index (χ0) is 21.5. The third-order valence-corrected chi connectivity index (χ3v) is 7.63. The molecule has 0 spiro atoms. The fourth-order valence-electron chi connectivity index (χ4n) is 5.31. The molecule has 0 unspecified atom stereocenters. The van der Waals surface area contributed by atoms with Gasteiger partial charge in [0.15, 0.2) is 0 Å². The molecule has 128 valence electrons. The minimum Gasteiger partial charge on any atom is -0.110 e. The third kappa shape index (κ3) is 3.83. The van der Waals surface area contributed by atoms with E-state index in [0.717, 1.165) is 7.17 Å². The van der Waals surface area contributed by atoms with Crippen molar-refractivity contribution in [2.75, 3.05) is 0 Å². The van der Waals surface area contributed by atoms with Gasteiger partial charge in [-0.15, -0.1) is 5.46 Å². The van der Waals surface area contributed by atoms with Crippen molar-refractivity contribution in [2.45, 2.75) is 27.7 Å². The predicted octanol–water partition coefficient (Wildman–Crippen LogP) is -9.38. The van der Waals surface area contributed by atoms with Crippen molar-refractivity contribution < 1.29 is 0 Å². The maximum atomic E-state index is 2.45. The Hall–Kier alpha value is -0.391. The van der Waals surface area contributed by atoms with Crippen LogP contribution in [0.2, 0.25) is 0 Å². The quantitative estimate of drug-likeness (QED) is 0.455. The molecule has 0 fully saturated rings. The highest BCUT2D eigenvalue weighted by Crippen LogP contribution is 2.25. The number of benzene rings is 2. The molecule has 0 saturated heterocycles. The van der Waals surface area contributed by atoms with Gasteiger partial charge in [0.25, 0.3) is 0 Å². The lowest BCUT2D eigenvalue weighted by Gasteiger charge is -2.31. The fourth-order valence-corrected chi connectivity index (χ4v) is 5.31. The normalized spacial score (nSPS) is 10.6. The summed E-state index contributed by atoms with van der Waals surface area (Å²) in [6.07, 6.45) is 0.641. The van der Waals surface area contributed by atoms with E-state index in [9.17, 15) is 0 Å². The lowest BCUT2D eigenvalue weighted by molar-refractivity contribution is 1.31. The number of aryl methyl sites for hydroxylation is 2. The van der Waals surface area contributed by atoms with Crippen LogP contribution in [0.15, 0.2) is 0 Å². The highest BCUT2D eigenvalue weighted by Gasteiger charge is 2.29. The Balaban J connectivity index is 3.31. The molecule has 0 N–H and O–H groups in total. The lowest BCUT2D eigenvalue weighted by Crippen LogP contribution is -2.63. The molecule has 2 rings (SSSR count).